The molecule has 7 heteroatoms. The Bertz CT molecular complexity index is 435. The lowest BCUT2D eigenvalue weighted by molar-refractivity contribution is -0.158. The van der Waals surface area contributed by atoms with Crippen LogP contribution in [0.5, 0.6) is 0 Å². The van der Waals surface area contributed by atoms with E-state index in [1.807, 2.05) is 6.92 Å². The minimum absolute atomic E-state index is 0.0741. The fourth-order valence-electron chi connectivity index (χ4n) is 2.93. The molecule has 24 heavy (non-hydrogen) atoms. The highest BCUT2D eigenvalue weighted by Gasteiger charge is 2.32. The highest BCUT2D eigenvalue weighted by Crippen LogP contribution is 2.23. The number of aliphatic carboxylic acids is 1. The third-order valence-electron chi connectivity index (χ3n) is 4.39. The third kappa shape index (κ3) is 6.47. The zero-order chi connectivity index (χ0) is 18.1. The average molecular weight is 342 g/mol. The van der Waals surface area contributed by atoms with Crippen molar-refractivity contribution < 1.29 is 24.2 Å². The number of ether oxygens (including phenoxy) is 1. The molecule has 0 spiro atoms. The topological polar surface area (TPSA) is 95.9 Å². The van der Waals surface area contributed by atoms with Crippen molar-refractivity contribution in [3.63, 3.8) is 0 Å². The van der Waals surface area contributed by atoms with Gasteiger partial charge in [0.15, 0.2) is 0 Å². The van der Waals surface area contributed by atoms with Crippen LogP contribution < -0.4 is 5.32 Å². The van der Waals surface area contributed by atoms with E-state index < -0.39 is 18.1 Å². The fourth-order valence-corrected chi connectivity index (χ4v) is 2.93. The predicted molar refractivity (Wildman–Crippen MR) is 89.5 cm³/mol. The number of hydrogen-bond donors (Lipinski definition) is 2. The van der Waals surface area contributed by atoms with Gasteiger partial charge < -0.3 is 20.1 Å². The molecule has 1 aliphatic rings. The Kier molecular flexibility index (Phi) is 8.74. The molecule has 0 aromatic rings. The summed E-state index contributed by atoms with van der Waals surface area (Å²) in [5.41, 5.74) is 0. The van der Waals surface area contributed by atoms with E-state index in [1.165, 1.54) is 25.2 Å². The van der Waals surface area contributed by atoms with Gasteiger partial charge in [0.1, 0.15) is 12.1 Å². The van der Waals surface area contributed by atoms with Gasteiger partial charge in [0.2, 0.25) is 5.91 Å². The molecular formula is C17H30N2O5. The minimum atomic E-state index is -1.07. The Morgan fingerprint density at radius 2 is 1.88 bits per heavy atom. The van der Waals surface area contributed by atoms with E-state index >= 15 is 0 Å². The Labute approximate surface area is 143 Å². The van der Waals surface area contributed by atoms with Gasteiger partial charge in [-0.1, -0.05) is 26.2 Å². The normalized spacial score (nSPS) is 17.8. The Balaban J connectivity index is 2.73. The van der Waals surface area contributed by atoms with Crippen molar-refractivity contribution in [1.29, 1.82) is 0 Å². The highest BCUT2D eigenvalue weighted by atomic mass is 16.5. The SMILES string of the molecule is CCC(OC1CCCCC1)C(=O)N(CCNC(C)=O)C(C)C(=O)O. The molecule has 1 aliphatic carbocycles. The van der Waals surface area contributed by atoms with Crippen molar-refractivity contribution in [1.82, 2.24) is 10.2 Å². The zero-order valence-electron chi connectivity index (χ0n) is 14.9. The summed E-state index contributed by atoms with van der Waals surface area (Å²) < 4.78 is 5.97. The van der Waals surface area contributed by atoms with Crippen molar-refractivity contribution in [3.05, 3.63) is 0 Å². The van der Waals surface area contributed by atoms with Gasteiger partial charge in [0.05, 0.1) is 6.10 Å². The summed E-state index contributed by atoms with van der Waals surface area (Å²) in [6, 6.07) is -0.963. The molecule has 1 rings (SSSR count). The first-order chi connectivity index (χ1) is 11.4. The van der Waals surface area contributed by atoms with Crippen molar-refractivity contribution in [3.8, 4) is 0 Å². The number of carbonyl (C=O) groups excluding carboxylic acids is 2. The van der Waals surface area contributed by atoms with E-state index in [0.29, 0.717) is 6.42 Å². The van der Waals surface area contributed by atoms with Gasteiger partial charge in [-0.25, -0.2) is 4.79 Å². The van der Waals surface area contributed by atoms with Crippen LogP contribution in [-0.4, -0.2) is 59.1 Å². The van der Waals surface area contributed by atoms with Crippen molar-refractivity contribution in [2.45, 2.75) is 77.5 Å². The van der Waals surface area contributed by atoms with Crippen LogP contribution in [0.15, 0.2) is 0 Å². The van der Waals surface area contributed by atoms with Gasteiger partial charge in [-0.15, -0.1) is 0 Å². The Hall–Kier alpha value is -1.63. The lowest BCUT2D eigenvalue weighted by atomic mass is 9.97. The summed E-state index contributed by atoms with van der Waals surface area (Å²) in [5.74, 6) is -1.60. The predicted octanol–water partition coefficient (Wildman–Crippen LogP) is 1.55. The van der Waals surface area contributed by atoms with E-state index in [0.717, 1.165) is 25.7 Å². The second kappa shape index (κ2) is 10.3. The standard InChI is InChI=1S/C17H30N2O5/c1-4-15(24-14-8-6-5-7-9-14)16(21)19(12(2)17(22)23)11-10-18-13(3)20/h12,14-15H,4-11H2,1-3H3,(H,18,20)(H,22,23). The van der Waals surface area contributed by atoms with Crippen LogP contribution in [-0.2, 0) is 19.1 Å². The second-order valence-corrected chi connectivity index (χ2v) is 6.32. The van der Waals surface area contributed by atoms with Crippen LogP contribution in [0.1, 0.15) is 59.3 Å². The summed E-state index contributed by atoms with van der Waals surface area (Å²) in [6.07, 6.45) is 5.24. The molecule has 138 valence electrons. The second-order valence-electron chi connectivity index (χ2n) is 6.32. The fraction of sp³-hybridized carbons (Fsp3) is 0.824. The molecule has 7 nitrogen and oxygen atoms in total. The molecule has 1 fully saturated rings. The number of hydrogen-bond acceptors (Lipinski definition) is 4. The number of carboxylic acids is 1. The van der Waals surface area contributed by atoms with E-state index in [4.69, 9.17) is 4.74 Å². The molecule has 0 radical (unpaired) electrons. The molecule has 0 aliphatic heterocycles. The van der Waals surface area contributed by atoms with Crippen LogP contribution >= 0.6 is 0 Å². The molecule has 0 saturated heterocycles. The van der Waals surface area contributed by atoms with Crippen LogP contribution in [0.25, 0.3) is 0 Å². The zero-order valence-corrected chi connectivity index (χ0v) is 14.9. The summed E-state index contributed by atoms with van der Waals surface area (Å²) >= 11 is 0. The van der Waals surface area contributed by atoms with Gasteiger partial charge in [0.25, 0.3) is 5.91 Å². The summed E-state index contributed by atoms with van der Waals surface area (Å²) in [5, 5.41) is 11.9. The maximum Gasteiger partial charge on any atom is 0.326 e. The number of carboxylic acid groups (broad SMARTS) is 1. The van der Waals surface area contributed by atoms with Crippen molar-refractivity contribution >= 4 is 17.8 Å². The third-order valence-corrected chi connectivity index (χ3v) is 4.39. The molecule has 2 atom stereocenters. The first-order valence-corrected chi connectivity index (χ1v) is 8.80. The van der Waals surface area contributed by atoms with E-state index in [1.54, 1.807) is 0 Å². The lowest BCUT2D eigenvalue weighted by Gasteiger charge is -2.32. The maximum atomic E-state index is 12.8. The van der Waals surface area contributed by atoms with Crippen molar-refractivity contribution in [2.24, 2.45) is 0 Å². The van der Waals surface area contributed by atoms with Crippen LogP contribution in [0, 0.1) is 0 Å². The van der Waals surface area contributed by atoms with Gasteiger partial charge in [-0.2, -0.15) is 0 Å². The smallest absolute Gasteiger partial charge is 0.326 e. The van der Waals surface area contributed by atoms with E-state index in [9.17, 15) is 19.5 Å². The quantitative estimate of drug-likeness (QED) is 0.663. The Morgan fingerprint density at radius 3 is 2.38 bits per heavy atom. The molecule has 0 heterocycles. The number of carbonyl (C=O) groups is 3. The van der Waals surface area contributed by atoms with Gasteiger partial charge in [0, 0.05) is 20.0 Å². The summed E-state index contributed by atoms with van der Waals surface area (Å²) in [4.78, 5) is 36.4. The van der Waals surface area contributed by atoms with Gasteiger partial charge in [-0.05, 0) is 26.2 Å². The summed E-state index contributed by atoms with van der Waals surface area (Å²) in [6.45, 7) is 5.09. The Morgan fingerprint density at radius 1 is 1.25 bits per heavy atom. The molecule has 0 bridgehead atoms. The number of nitrogens with zero attached hydrogens (tertiary/aromatic N) is 1. The number of rotatable bonds is 9. The minimum Gasteiger partial charge on any atom is -0.480 e. The van der Waals surface area contributed by atoms with Crippen LogP contribution in [0.2, 0.25) is 0 Å². The average Bonchev–Trinajstić information content (AvgIpc) is 2.56. The maximum absolute atomic E-state index is 12.8. The molecular weight excluding hydrogens is 312 g/mol. The number of amides is 2. The molecule has 2 amide bonds. The molecule has 0 aromatic heterocycles. The largest absolute Gasteiger partial charge is 0.480 e. The van der Waals surface area contributed by atoms with E-state index in [2.05, 4.69) is 5.32 Å². The first-order valence-electron chi connectivity index (χ1n) is 8.80. The summed E-state index contributed by atoms with van der Waals surface area (Å²) in [7, 11) is 0. The van der Waals surface area contributed by atoms with Crippen LogP contribution in [0.3, 0.4) is 0 Å². The monoisotopic (exact) mass is 342 g/mol. The van der Waals surface area contributed by atoms with E-state index in [-0.39, 0.29) is 31.0 Å². The highest BCUT2D eigenvalue weighted by molar-refractivity contribution is 5.86. The molecule has 2 unspecified atom stereocenters. The first kappa shape index (κ1) is 20.4. The molecule has 1 saturated carbocycles. The van der Waals surface area contributed by atoms with Gasteiger partial charge in [-0.3, -0.25) is 9.59 Å². The lowest BCUT2D eigenvalue weighted by Crippen LogP contribution is -2.51. The van der Waals surface area contributed by atoms with Crippen LogP contribution in [0.4, 0.5) is 0 Å². The van der Waals surface area contributed by atoms with Crippen molar-refractivity contribution in [2.75, 3.05) is 13.1 Å². The van der Waals surface area contributed by atoms with Gasteiger partial charge >= 0.3 is 5.97 Å². The number of nitrogens with one attached hydrogen (secondary N) is 1. The molecule has 2 N–H and O–H groups in total. The molecule has 0 aromatic carbocycles.